The van der Waals surface area contributed by atoms with Crippen LogP contribution in [0.1, 0.15) is 24.8 Å². The molecule has 1 heterocycles. The van der Waals surface area contributed by atoms with E-state index in [4.69, 9.17) is 10.2 Å². The molecule has 19 heavy (non-hydrogen) atoms. The number of nitrogens with two attached hydrogens (primary N) is 1. The minimum Gasteiger partial charge on any atom is -0.464 e. The van der Waals surface area contributed by atoms with E-state index in [0.29, 0.717) is 5.41 Å². The molecule has 3 heteroatoms. The summed E-state index contributed by atoms with van der Waals surface area (Å²) in [7, 11) is 2.18. The molecule has 0 atom stereocenters. The van der Waals surface area contributed by atoms with Crippen LogP contribution in [0.15, 0.2) is 34.9 Å². The molecule has 0 unspecified atom stereocenters. The molecular weight excluding hydrogens is 236 g/mol. The average Bonchev–Trinajstić information content (AvgIpc) is 2.78. The zero-order valence-electron chi connectivity index (χ0n) is 11.6. The Morgan fingerprint density at radius 3 is 2.79 bits per heavy atom. The van der Waals surface area contributed by atoms with Gasteiger partial charge in [0.05, 0.1) is 6.26 Å². The van der Waals surface area contributed by atoms with Crippen LogP contribution < -0.4 is 5.73 Å². The topological polar surface area (TPSA) is 42.4 Å². The maximum Gasteiger partial charge on any atom is 0.134 e. The van der Waals surface area contributed by atoms with Crippen molar-refractivity contribution < 1.29 is 4.42 Å². The van der Waals surface area contributed by atoms with Gasteiger partial charge in [-0.25, -0.2) is 0 Å². The van der Waals surface area contributed by atoms with Crippen LogP contribution in [0.4, 0.5) is 0 Å². The highest BCUT2D eigenvalue weighted by Crippen LogP contribution is 2.40. The van der Waals surface area contributed by atoms with Gasteiger partial charge in [0, 0.05) is 24.0 Å². The summed E-state index contributed by atoms with van der Waals surface area (Å²) in [5.41, 5.74) is 8.55. The average molecular weight is 258 g/mol. The first-order chi connectivity index (χ1) is 9.22. The van der Waals surface area contributed by atoms with Gasteiger partial charge >= 0.3 is 0 Å². The third-order valence-corrected chi connectivity index (χ3v) is 4.45. The fourth-order valence-electron chi connectivity index (χ4n) is 3.18. The third-order valence-electron chi connectivity index (χ3n) is 4.45. The maximum atomic E-state index is 5.94. The lowest BCUT2D eigenvalue weighted by Gasteiger charge is -2.43. The van der Waals surface area contributed by atoms with Crippen LogP contribution in [0.25, 0.3) is 11.0 Å². The summed E-state index contributed by atoms with van der Waals surface area (Å²) >= 11 is 0. The second kappa shape index (κ2) is 4.99. The monoisotopic (exact) mass is 258 g/mol. The second-order valence-corrected chi connectivity index (χ2v) is 5.99. The van der Waals surface area contributed by atoms with Crippen molar-refractivity contribution in [2.45, 2.75) is 25.8 Å². The Hall–Kier alpha value is -1.32. The quantitative estimate of drug-likeness (QED) is 0.896. The van der Waals surface area contributed by atoms with Crippen molar-refractivity contribution in [3.63, 3.8) is 0 Å². The zero-order chi connectivity index (χ0) is 13.3. The number of furan rings is 1. The summed E-state index contributed by atoms with van der Waals surface area (Å²) in [6, 6.07) is 8.22. The number of rotatable bonds is 5. The van der Waals surface area contributed by atoms with Gasteiger partial charge in [-0.1, -0.05) is 24.6 Å². The molecule has 1 aliphatic carbocycles. The van der Waals surface area contributed by atoms with Crippen molar-refractivity contribution in [1.29, 1.82) is 0 Å². The van der Waals surface area contributed by atoms with Gasteiger partial charge in [0.2, 0.25) is 0 Å². The molecule has 0 spiro atoms. The van der Waals surface area contributed by atoms with E-state index < -0.39 is 0 Å². The van der Waals surface area contributed by atoms with Crippen molar-refractivity contribution in [2.24, 2.45) is 11.1 Å². The predicted molar refractivity (Wildman–Crippen MR) is 77.9 cm³/mol. The summed E-state index contributed by atoms with van der Waals surface area (Å²) in [6.45, 7) is 2.82. The highest BCUT2D eigenvalue weighted by Gasteiger charge is 2.36. The molecule has 0 aliphatic heterocycles. The van der Waals surface area contributed by atoms with Crippen molar-refractivity contribution in [3.05, 3.63) is 36.1 Å². The van der Waals surface area contributed by atoms with E-state index in [-0.39, 0.29) is 0 Å². The normalized spacial score (nSPS) is 17.8. The van der Waals surface area contributed by atoms with Crippen LogP contribution in [0.2, 0.25) is 0 Å². The summed E-state index contributed by atoms with van der Waals surface area (Å²) < 4.78 is 5.60. The molecule has 1 aromatic carbocycles. The molecule has 0 saturated heterocycles. The second-order valence-electron chi connectivity index (χ2n) is 5.99. The Morgan fingerprint density at radius 2 is 2.11 bits per heavy atom. The molecule has 0 bridgehead atoms. The number of nitrogens with zero attached hydrogens (tertiary/aromatic N) is 1. The van der Waals surface area contributed by atoms with Crippen LogP contribution in [0.5, 0.6) is 0 Å². The van der Waals surface area contributed by atoms with Gasteiger partial charge < -0.3 is 15.1 Å². The van der Waals surface area contributed by atoms with Crippen LogP contribution in [-0.2, 0) is 6.54 Å². The summed E-state index contributed by atoms with van der Waals surface area (Å²) in [6.07, 6.45) is 5.77. The van der Waals surface area contributed by atoms with Crippen molar-refractivity contribution in [1.82, 2.24) is 4.90 Å². The first-order valence-corrected chi connectivity index (χ1v) is 7.06. The molecule has 1 aliphatic rings. The Morgan fingerprint density at radius 1 is 1.32 bits per heavy atom. The highest BCUT2D eigenvalue weighted by atomic mass is 16.3. The summed E-state index contributed by atoms with van der Waals surface area (Å²) in [4.78, 5) is 2.38. The van der Waals surface area contributed by atoms with Crippen LogP contribution in [0.3, 0.4) is 0 Å². The molecule has 3 nitrogen and oxygen atoms in total. The van der Waals surface area contributed by atoms with E-state index in [1.165, 1.54) is 30.2 Å². The van der Waals surface area contributed by atoms with Crippen molar-refractivity contribution in [2.75, 3.05) is 20.1 Å². The zero-order valence-corrected chi connectivity index (χ0v) is 11.6. The number of para-hydroxylation sites is 1. The van der Waals surface area contributed by atoms with E-state index >= 15 is 0 Å². The standard InChI is InChI=1S/C16H22N2O/c1-18(12-16(11-17)7-4-8-16)9-13-10-19-15-6-3-2-5-14(13)15/h2-3,5-6,10H,4,7-9,11-12,17H2,1H3. The van der Waals surface area contributed by atoms with Crippen molar-refractivity contribution >= 4 is 11.0 Å². The number of hydrogen-bond acceptors (Lipinski definition) is 3. The van der Waals surface area contributed by atoms with Crippen LogP contribution in [-0.4, -0.2) is 25.0 Å². The molecule has 0 amide bonds. The van der Waals surface area contributed by atoms with Gasteiger partial charge in [-0.05, 0) is 37.9 Å². The minimum atomic E-state index is 0.369. The van der Waals surface area contributed by atoms with E-state index in [1.807, 2.05) is 18.4 Å². The Kier molecular flexibility index (Phi) is 3.33. The molecule has 3 rings (SSSR count). The Bertz CT molecular complexity index is 551. The van der Waals surface area contributed by atoms with E-state index in [1.54, 1.807) is 0 Å². The lowest BCUT2D eigenvalue weighted by molar-refractivity contribution is 0.0846. The molecule has 102 valence electrons. The van der Waals surface area contributed by atoms with E-state index in [0.717, 1.165) is 25.2 Å². The Balaban J connectivity index is 1.70. The molecule has 1 fully saturated rings. The first kappa shape index (κ1) is 12.7. The van der Waals surface area contributed by atoms with Gasteiger partial charge in [-0.2, -0.15) is 0 Å². The van der Waals surface area contributed by atoms with E-state index in [2.05, 4.69) is 24.1 Å². The highest BCUT2D eigenvalue weighted by molar-refractivity contribution is 5.80. The van der Waals surface area contributed by atoms with Gasteiger partial charge in [-0.15, -0.1) is 0 Å². The fourth-order valence-corrected chi connectivity index (χ4v) is 3.18. The lowest BCUT2D eigenvalue weighted by Crippen LogP contribution is -2.45. The van der Waals surface area contributed by atoms with Gasteiger partial charge in [-0.3, -0.25) is 0 Å². The van der Waals surface area contributed by atoms with Gasteiger partial charge in [0.15, 0.2) is 0 Å². The SMILES string of the molecule is CN(Cc1coc2ccccc12)CC1(CN)CCC1. The smallest absolute Gasteiger partial charge is 0.134 e. The van der Waals surface area contributed by atoms with E-state index in [9.17, 15) is 0 Å². The number of hydrogen-bond donors (Lipinski definition) is 1. The summed E-state index contributed by atoms with van der Waals surface area (Å²) in [5, 5.41) is 1.23. The largest absolute Gasteiger partial charge is 0.464 e. The van der Waals surface area contributed by atoms with Gasteiger partial charge in [0.25, 0.3) is 0 Å². The first-order valence-electron chi connectivity index (χ1n) is 7.06. The maximum absolute atomic E-state index is 5.94. The predicted octanol–water partition coefficient (Wildman–Crippen LogP) is 2.99. The lowest BCUT2D eigenvalue weighted by atomic mass is 9.68. The molecular formula is C16H22N2O. The van der Waals surface area contributed by atoms with Crippen LogP contribution >= 0.6 is 0 Å². The molecule has 1 aromatic heterocycles. The van der Waals surface area contributed by atoms with Crippen LogP contribution in [0, 0.1) is 5.41 Å². The molecule has 0 radical (unpaired) electrons. The number of benzene rings is 1. The molecule has 2 N–H and O–H groups in total. The Labute approximate surface area is 114 Å². The third kappa shape index (κ3) is 2.40. The summed E-state index contributed by atoms with van der Waals surface area (Å²) in [5.74, 6) is 0. The fraction of sp³-hybridized carbons (Fsp3) is 0.500. The number of fused-ring (bicyclic) bond motifs is 1. The van der Waals surface area contributed by atoms with Crippen molar-refractivity contribution in [3.8, 4) is 0 Å². The molecule has 1 saturated carbocycles. The molecule has 2 aromatic rings. The minimum absolute atomic E-state index is 0.369. The van der Waals surface area contributed by atoms with Gasteiger partial charge in [0.1, 0.15) is 5.58 Å².